The molecule has 0 radical (unpaired) electrons. The smallest absolute Gasteiger partial charge is 0.308 e. The molecule has 1 saturated carbocycles. The van der Waals surface area contributed by atoms with Gasteiger partial charge in [0.1, 0.15) is 0 Å². The molecule has 1 fully saturated rings. The second kappa shape index (κ2) is 9.45. The second-order valence-corrected chi connectivity index (χ2v) is 8.59. The van der Waals surface area contributed by atoms with Crippen LogP contribution in [-0.4, -0.2) is 46.6 Å². The van der Waals surface area contributed by atoms with Gasteiger partial charge < -0.3 is 15.0 Å². The first-order valence-corrected chi connectivity index (χ1v) is 10.9. The minimum Gasteiger partial charge on any atom is -0.452 e. The van der Waals surface area contributed by atoms with Crippen molar-refractivity contribution in [3.63, 3.8) is 0 Å². The van der Waals surface area contributed by atoms with Crippen LogP contribution in [0.4, 0.5) is 5.69 Å². The van der Waals surface area contributed by atoms with Crippen LogP contribution >= 0.6 is 11.8 Å². The third kappa shape index (κ3) is 4.87. The number of nitrogens with zero attached hydrogens (tertiary/aromatic N) is 1. The molecule has 1 aliphatic carbocycles. The number of likely N-dealkylation sites (N-methyl/N-ethyl adjacent to an activating group) is 1. The van der Waals surface area contributed by atoms with Gasteiger partial charge in [-0.25, -0.2) is 0 Å². The van der Waals surface area contributed by atoms with Crippen molar-refractivity contribution in [2.75, 3.05) is 11.9 Å². The number of fused-ring (bicyclic) bond motifs is 1. The van der Waals surface area contributed by atoms with E-state index in [9.17, 15) is 14.4 Å². The Morgan fingerprint density at radius 1 is 1.25 bits per heavy atom. The van der Waals surface area contributed by atoms with E-state index in [1.54, 1.807) is 6.92 Å². The third-order valence-corrected chi connectivity index (χ3v) is 6.63. The Bertz CT molecular complexity index is 733. The summed E-state index contributed by atoms with van der Waals surface area (Å²) >= 11 is 1.35. The van der Waals surface area contributed by atoms with Crippen LogP contribution in [0.25, 0.3) is 0 Å². The number of para-hydroxylation sites is 1. The Morgan fingerprint density at radius 2 is 1.96 bits per heavy atom. The van der Waals surface area contributed by atoms with Crippen molar-refractivity contribution in [1.29, 1.82) is 0 Å². The van der Waals surface area contributed by atoms with E-state index in [0.717, 1.165) is 36.3 Å². The number of nitrogens with one attached hydrogen (secondary N) is 1. The van der Waals surface area contributed by atoms with E-state index >= 15 is 0 Å². The van der Waals surface area contributed by atoms with Gasteiger partial charge >= 0.3 is 5.97 Å². The number of thioether (sulfide) groups is 1. The molecule has 0 spiro atoms. The highest BCUT2D eigenvalue weighted by molar-refractivity contribution is 8.01. The van der Waals surface area contributed by atoms with E-state index in [4.69, 9.17) is 4.74 Å². The highest BCUT2D eigenvalue weighted by Crippen LogP contribution is 2.36. The molecule has 0 bridgehead atoms. The topological polar surface area (TPSA) is 75.7 Å². The SMILES string of the molecule is CCN(C(=O)[C@@H](C)OC(=O)C[C@@H]1Sc2ccccc2NC1=O)C1CCCCC1. The zero-order valence-electron chi connectivity index (χ0n) is 16.5. The van der Waals surface area contributed by atoms with Gasteiger partial charge in [0, 0.05) is 17.5 Å². The molecule has 6 nitrogen and oxygen atoms in total. The molecule has 7 heteroatoms. The first-order chi connectivity index (χ1) is 13.5. The van der Waals surface area contributed by atoms with Gasteiger partial charge in [-0.3, -0.25) is 14.4 Å². The summed E-state index contributed by atoms with van der Waals surface area (Å²) in [7, 11) is 0. The van der Waals surface area contributed by atoms with Crippen LogP contribution in [0.15, 0.2) is 29.2 Å². The van der Waals surface area contributed by atoms with E-state index in [0.29, 0.717) is 6.54 Å². The van der Waals surface area contributed by atoms with Crippen molar-refractivity contribution in [1.82, 2.24) is 4.90 Å². The van der Waals surface area contributed by atoms with Crippen LogP contribution < -0.4 is 5.32 Å². The van der Waals surface area contributed by atoms with E-state index in [1.807, 2.05) is 36.1 Å². The first-order valence-electron chi connectivity index (χ1n) is 10.1. The van der Waals surface area contributed by atoms with Gasteiger partial charge in [-0.15, -0.1) is 11.8 Å². The number of rotatable bonds is 6. The van der Waals surface area contributed by atoms with Crippen molar-refractivity contribution in [2.45, 2.75) is 74.7 Å². The van der Waals surface area contributed by atoms with Crippen molar-refractivity contribution < 1.29 is 19.1 Å². The molecule has 1 aromatic rings. The van der Waals surface area contributed by atoms with E-state index < -0.39 is 17.3 Å². The minimum absolute atomic E-state index is 0.0575. The summed E-state index contributed by atoms with van der Waals surface area (Å²) in [6, 6.07) is 7.73. The molecule has 0 saturated heterocycles. The molecular weight excluding hydrogens is 376 g/mol. The normalized spacial score (nSPS) is 20.6. The number of anilines is 1. The average Bonchev–Trinajstić information content (AvgIpc) is 2.69. The molecule has 3 rings (SSSR count). The summed E-state index contributed by atoms with van der Waals surface area (Å²) in [5.74, 6) is -0.876. The zero-order chi connectivity index (χ0) is 20.1. The summed E-state index contributed by atoms with van der Waals surface area (Å²) in [4.78, 5) is 40.2. The summed E-state index contributed by atoms with van der Waals surface area (Å²) in [6.07, 6.45) is 4.63. The van der Waals surface area contributed by atoms with Crippen LogP contribution in [-0.2, 0) is 19.1 Å². The molecule has 2 amide bonds. The standard InChI is InChI=1S/C21H28N2O4S/c1-3-23(15-9-5-4-6-10-15)21(26)14(2)27-19(24)13-18-20(25)22-16-11-7-8-12-17(16)28-18/h7-8,11-12,14-15,18H,3-6,9-10,13H2,1-2H3,(H,22,25)/t14-,18+/m1/s1. The van der Waals surface area contributed by atoms with Gasteiger partial charge in [-0.1, -0.05) is 31.4 Å². The number of ether oxygens (including phenoxy) is 1. The van der Waals surface area contributed by atoms with Gasteiger partial charge in [0.2, 0.25) is 5.91 Å². The zero-order valence-corrected chi connectivity index (χ0v) is 17.3. The number of amides is 2. The van der Waals surface area contributed by atoms with Gasteiger partial charge in [0.25, 0.3) is 5.91 Å². The molecule has 1 aromatic carbocycles. The molecule has 2 atom stereocenters. The number of hydrogen-bond donors (Lipinski definition) is 1. The largest absolute Gasteiger partial charge is 0.452 e. The second-order valence-electron chi connectivity index (χ2n) is 7.34. The predicted octanol–water partition coefficient (Wildman–Crippen LogP) is 3.60. The summed E-state index contributed by atoms with van der Waals surface area (Å²) < 4.78 is 5.40. The van der Waals surface area contributed by atoms with Gasteiger partial charge in [0.05, 0.1) is 17.4 Å². The monoisotopic (exact) mass is 404 g/mol. The Labute approximate surface area is 170 Å². The lowest BCUT2D eigenvalue weighted by molar-refractivity contribution is -0.160. The lowest BCUT2D eigenvalue weighted by Crippen LogP contribution is -2.46. The van der Waals surface area contributed by atoms with E-state index in [1.165, 1.54) is 18.2 Å². The number of carbonyl (C=O) groups excluding carboxylic acids is 3. The summed E-state index contributed by atoms with van der Waals surface area (Å²) in [6.45, 7) is 4.19. The molecule has 2 aliphatic rings. The fourth-order valence-corrected chi connectivity index (χ4v) is 4.99. The van der Waals surface area contributed by atoms with Crippen molar-refractivity contribution >= 4 is 35.2 Å². The minimum atomic E-state index is -0.835. The van der Waals surface area contributed by atoms with Crippen LogP contribution in [0.5, 0.6) is 0 Å². The van der Waals surface area contributed by atoms with Crippen LogP contribution in [0, 0.1) is 0 Å². The molecular formula is C21H28N2O4S. The van der Waals surface area contributed by atoms with Crippen LogP contribution in [0.2, 0.25) is 0 Å². The maximum atomic E-state index is 12.8. The molecule has 0 unspecified atom stereocenters. The van der Waals surface area contributed by atoms with Crippen molar-refractivity contribution in [3.05, 3.63) is 24.3 Å². The third-order valence-electron chi connectivity index (χ3n) is 5.35. The number of benzene rings is 1. The Morgan fingerprint density at radius 3 is 2.68 bits per heavy atom. The Kier molecular flexibility index (Phi) is 6.99. The predicted molar refractivity (Wildman–Crippen MR) is 109 cm³/mol. The number of carbonyl (C=O) groups is 3. The highest BCUT2D eigenvalue weighted by Gasteiger charge is 2.32. The Balaban J connectivity index is 1.55. The maximum Gasteiger partial charge on any atom is 0.308 e. The Hall–Kier alpha value is -2.02. The fourth-order valence-electron chi connectivity index (χ4n) is 3.89. The highest BCUT2D eigenvalue weighted by atomic mass is 32.2. The van der Waals surface area contributed by atoms with Crippen LogP contribution in [0.1, 0.15) is 52.4 Å². The van der Waals surface area contributed by atoms with Crippen LogP contribution in [0.3, 0.4) is 0 Å². The van der Waals surface area contributed by atoms with Gasteiger partial charge in [-0.05, 0) is 38.8 Å². The molecule has 0 aromatic heterocycles. The molecule has 1 heterocycles. The fraction of sp³-hybridized carbons (Fsp3) is 0.571. The van der Waals surface area contributed by atoms with Gasteiger partial charge in [0.15, 0.2) is 6.10 Å². The van der Waals surface area contributed by atoms with Crippen molar-refractivity contribution in [2.24, 2.45) is 0 Å². The molecule has 1 aliphatic heterocycles. The maximum absolute atomic E-state index is 12.8. The number of hydrogen-bond acceptors (Lipinski definition) is 5. The lowest BCUT2D eigenvalue weighted by atomic mass is 9.94. The quantitative estimate of drug-likeness (QED) is 0.733. The number of esters is 1. The van der Waals surface area contributed by atoms with E-state index in [-0.39, 0.29) is 24.3 Å². The molecule has 28 heavy (non-hydrogen) atoms. The molecule has 1 N–H and O–H groups in total. The average molecular weight is 405 g/mol. The summed E-state index contributed by atoms with van der Waals surface area (Å²) in [5, 5.41) is 2.27. The van der Waals surface area contributed by atoms with Crippen molar-refractivity contribution in [3.8, 4) is 0 Å². The first kappa shape index (κ1) is 20.7. The lowest BCUT2D eigenvalue weighted by Gasteiger charge is -2.35. The summed E-state index contributed by atoms with van der Waals surface area (Å²) in [5.41, 5.74) is 0.761. The molecule has 152 valence electrons. The van der Waals surface area contributed by atoms with E-state index in [2.05, 4.69) is 5.32 Å². The van der Waals surface area contributed by atoms with Gasteiger partial charge in [-0.2, -0.15) is 0 Å².